The van der Waals surface area contributed by atoms with Crippen molar-refractivity contribution in [1.82, 2.24) is 10.3 Å². The lowest BCUT2D eigenvalue weighted by Crippen LogP contribution is -2.19. The molecule has 7 nitrogen and oxygen atoms in total. The monoisotopic (exact) mass is 321 g/mol. The third-order valence-electron chi connectivity index (χ3n) is 3.22. The van der Waals surface area contributed by atoms with Gasteiger partial charge in [-0.3, -0.25) is 9.59 Å². The van der Waals surface area contributed by atoms with Crippen molar-refractivity contribution in [2.24, 2.45) is 5.73 Å². The molecule has 1 heterocycles. The zero-order valence-corrected chi connectivity index (χ0v) is 12.8. The smallest absolute Gasteiger partial charge is 0.267 e. The van der Waals surface area contributed by atoms with E-state index in [-0.39, 0.29) is 26.7 Å². The molecule has 0 saturated carbocycles. The molecule has 4 N–H and O–H groups in total. The van der Waals surface area contributed by atoms with Crippen molar-refractivity contribution >= 4 is 21.7 Å². The maximum absolute atomic E-state index is 12.7. The van der Waals surface area contributed by atoms with Crippen LogP contribution in [0.25, 0.3) is 0 Å². The number of nitrogens with two attached hydrogens (primary N) is 1. The fourth-order valence-corrected chi connectivity index (χ4v) is 3.83. The molecule has 0 aliphatic heterocycles. The van der Waals surface area contributed by atoms with Gasteiger partial charge in [-0.25, -0.2) is 8.42 Å². The number of sulfone groups is 1. The molecule has 0 radical (unpaired) electrons. The molecule has 2 rings (SSSR count). The number of carbonyl (C=O) groups excluding carboxylic acids is 2. The van der Waals surface area contributed by atoms with Gasteiger partial charge >= 0.3 is 0 Å². The van der Waals surface area contributed by atoms with Gasteiger partial charge in [0, 0.05) is 7.05 Å². The van der Waals surface area contributed by atoms with Crippen molar-refractivity contribution in [2.75, 3.05) is 7.05 Å². The van der Waals surface area contributed by atoms with Gasteiger partial charge < -0.3 is 16.0 Å². The van der Waals surface area contributed by atoms with Crippen LogP contribution in [0.5, 0.6) is 0 Å². The number of aromatic nitrogens is 1. The first kappa shape index (κ1) is 15.8. The largest absolute Gasteiger partial charge is 0.364 e. The fraction of sp³-hybridized carbons (Fsp3) is 0.143. The van der Waals surface area contributed by atoms with E-state index in [1.807, 2.05) is 0 Å². The van der Waals surface area contributed by atoms with Crippen molar-refractivity contribution < 1.29 is 18.0 Å². The number of H-pyrrole nitrogens is 1. The molecule has 0 bridgehead atoms. The molecule has 1 aromatic carbocycles. The standard InChI is InChI=1S/C14H15N3O4S/c1-8-10(14(19)16-2)17-11(13(15)18)12(8)22(20,21)9-6-4-3-5-7-9/h3-7,17H,1-2H3,(H2,15,18)(H,16,19). The lowest BCUT2D eigenvalue weighted by molar-refractivity contribution is 0.0958. The van der Waals surface area contributed by atoms with Crippen molar-refractivity contribution in [2.45, 2.75) is 16.7 Å². The predicted molar refractivity (Wildman–Crippen MR) is 79.3 cm³/mol. The number of benzene rings is 1. The number of nitrogens with one attached hydrogen (secondary N) is 2. The first-order valence-corrected chi connectivity index (χ1v) is 7.83. The van der Waals surface area contributed by atoms with E-state index in [0.717, 1.165) is 0 Å². The topological polar surface area (TPSA) is 122 Å². The number of rotatable bonds is 4. The van der Waals surface area contributed by atoms with Crippen LogP contribution in [0.2, 0.25) is 0 Å². The number of carbonyl (C=O) groups is 2. The Kier molecular flexibility index (Phi) is 4.05. The van der Waals surface area contributed by atoms with Gasteiger partial charge in [0.05, 0.1) is 4.90 Å². The van der Waals surface area contributed by atoms with Crippen molar-refractivity contribution in [3.8, 4) is 0 Å². The van der Waals surface area contributed by atoms with Gasteiger partial charge in [-0.1, -0.05) is 18.2 Å². The number of hydrogen-bond donors (Lipinski definition) is 3. The summed E-state index contributed by atoms with van der Waals surface area (Å²) in [6.07, 6.45) is 0. The number of amides is 2. The van der Waals surface area contributed by atoms with Crippen LogP contribution in [0.4, 0.5) is 0 Å². The van der Waals surface area contributed by atoms with Crippen LogP contribution < -0.4 is 11.1 Å². The molecular weight excluding hydrogens is 306 g/mol. The molecule has 0 fully saturated rings. The molecule has 2 aromatic rings. The van der Waals surface area contributed by atoms with Gasteiger partial charge in [-0.2, -0.15) is 0 Å². The third kappa shape index (κ3) is 2.48. The van der Waals surface area contributed by atoms with Crippen LogP contribution in [0.1, 0.15) is 26.5 Å². The maximum atomic E-state index is 12.7. The second-order valence-corrected chi connectivity index (χ2v) is 6.48. The maximum Gasteiger partial charge on any atom is 0.267 e. The first-order chi connectivity index (χ1) is 10.3. The van der Waals surface area contributed by atoms with Crippen LogP contribution >= 0.6 is 0 Å². The molecule has 0 unspecified atom stereocenters. The second-order valence-electron chi connectivity index (χ2n) is 4.59. The number of primary amides is 1. The Morgan fingerprint density at radius 1 is 1.14 bits per heavy atom. The highest BCUT2D eigenvalue weighted by atomic mass is 32.2. The average molecular weight is 321 g/mol. The first-order valence-electron chi connectivity index (χ1n) is 6.35. The summed E-state index contributed by atoms with van der Waals surface area (Å²) < 4.78 is 25.5. The van der Waals surface area contributed by atoms with E-state index < -0.39 is 21.7 Å². The Morgan fingerprint density at radius 2 is 1.73 bits per heavy atom. The summed E-state index contributed by atoms with van der Waals surface area (Å²) >= 11 is 0. The highest BCUT2D eigenvalue weighted by Gasteiger charge is 2.31. The number of hydrogen-bond acceptors (Lipinski definition) is 4. The minimum absolute atomic E-state index is 0.00851. The van der Waals surface area contributed by atoms with Crippen LogP contribution in [-0.4, -0.2) is 32.3 Å². The van der Waals surface area contributed by atoms with E-state index in [1.165, 1.54) is 26.1 Å². The molecule has 2 amide bonds. The summed E-state index contributed by atoms with van der Waals surface area (Å²) in [5.41, 5.74) is 5.08. The number of aromatic amines is 1. The zero-order chi connectivity index (χ0) is 16.5. The average Bonchev–Trinajstić information content (AvgIpc) is 2.86. The quantitative estimate of drug-likeness (QED) is 0.763. The van der Waals surface area contributed by atoms with E-state index in [0.29, 0.717) is 0 Å². The second kappa shape index (κ2) is 5.64. The summed E-state index contributed by atoms with van der Waals surface area (Å²) in [7, 11) is -2.58. The third-order valence-corrected chi connectivity index (χ3v) is 5.16. The van der Waals surface area contributed by atoms with Crippen LogP contribution in [0.15, 0.2) is 40.1 Å². The van der Waals surface area contributed by atoms with Gasteiger partial charge in [-0.05, 0) is 24.6 Å². The summed E-state index contributed by atoms with van der Waals surface area (Å²) in [4.78, 5) is 25.6. The Hall–Kier alpha value is -2.61. The van der Waals surface area contributed by atoms with E-state index >= 15 is 0 Å². The van der Waals surface area contributed by atoms with Gasteiger partial charge in [0.25, 0.3) is 11.8 Å². The highest BCUT2D eigenvalue weighted by molar-refractivity contribution is 7.91. The SMILES string of the molecule is CNC(=O)c1[nH]c(C(N)=O)c(S(=O)(=O)c2ccccc2)c1C. The predicted octanol–water partition coefficient (Wildman–Crippen LogP) is 0.614. The van der Waals surface area contributed by atoms with Gasteiger partial charge in [-0.15, -0.1) is 0 Å². The summed E-state index contributed by atoms with van der Waals surface area (Å²) in [6.45, 7) is 1.45. The highest BCUT2D eigenvalue weighted by Crippen LogP contribution is 2.29. The van der Waals surface area contributed by atoms with Crippen LogP contribution in [0, 0.1) is 6.92 Å². The van der Waals surface area contributed by atoms with Gasteiger partial charge in [0.15, 0.2) is 0 Å². The molecule has 0 atom stereocenters. The van der Waals surface area contributed by atoms with Gasteiger partial charge in [0.2, 0.25) is 9.84 Å². The molecule has 0 aliphatic rings. The normalized spacial score (nSPS) is 11.2. The molecule has 22 heavy (non-hydrogen) atoms. The molecule has 1 aromatic heterocycles. The van der Waals surface area contributed by atoms with Crippen LogP contribution in [-0.2, 0) is 9.84 Å². The molecule has 116 valence electrons. The Bertz CT molecular complexity index is 838. The zero-order valence-electron chi connectivity index (χ0n) is 12.0. The van der Waals surface area contributed by atoms with Crippen molar-refractivity contribution in [3.63, 3.8) is 0 Å². The van der Waals surface area contributed by atoms with E-state index in [2.05, 4.69) is 10.3 Å². The minimum atomic E-state index is -3.98. The lowest BCUT2D eigenvalue weighted by atomic mass is 10.2. The van der Waals surface area contributed by atoms with Crippen LogP contribution in [0.3, 0.4) is 0 Å². The van der Waals surface area contributed by atoms with Gasteiger partial charge in [0.1, 0.15) is 16.3 Å². The summed E-state index contributed by atoms with van der Waals surface area (Å²) in [5.74, 6) is -1.48. The molecular formula is C14H15N3O4S. The fourth-order valence-electron chi connectivity index (χ4n) is 2.16. The molecule has 8 heteroatoms. The van der Waals surface area contributed by atoms with Crippen molar-refractivity contribution in [3.05, 3.63) is 47.3 Å². The van der Waals surface area contributed by atoms with E-state index in [4.69, 9.17) is 5.73 Å². The molecule has 0 saturated heterocycles. The van der Waals surface area contributed by atoms with Crippen molar-refractivity contribution in [1.29, 1.82) is 0 Å². The minimum Gasteiger partial charge on any atom is -0.364 e. The Morgan fingerprint density at radius 3 is 2.23 bits per heavy atom. The van der Waals surface area contributed by atoms with E-state index in [1.54, 1.807) is 18.2 Å². The Labute approximate surface area is 127 Å². The Balaban J connectivity index is 2.77. The molecule has 0 aliphatic carbocycles. The lowest BCUT2D eigenvalue weighted by Gasteiger charge is -2.06. The summed E-state index contributed by atoms with van der Waals surface area (Å²) in [6, 6.07) is 7.63. The molecule has 0 spiro atoms. The summed E-state index contributed by atoms with van der Waals surface area (Å²) in [5, 5.41) is 2.38. The van der Waals surface area contributed by atoms with E-state index in [9.17, 15) is 18.0 Å².